The molecule has 1 atom stereocenters. The first-order valence-corrected chi connectivity index (χ1v) is 10.2. The van der Waals surface area contributed by atoms with Crippen molar-refractivity contribution in [3.8, 4) is 0 Å². The Morgan fingerprint density at radius 2 is 1.81 bits per heavy atom. The summed E-state index contributed by atoms with van der Waals surface area (Å²) in [5.41, 5.74) is 0.504. The quantitative estimate of drug-likeness (QED) is 0.338. The summed E-state index contributed by atoms with van der Waals surface area (Å²) in [6.07, 6.45) is -5.84. The van der Waals surface area contributed by atoms with Crippen LogP contribution in [0.5, 0.6) is 0 Å². The van der Waals surface area contributed by atoms with Crippen LogP contribution >= 0.6 is 11.3 Å². The average molecular weight is 467 g/mol. The highest BCUT2D eigenvalue weighted by molar-refractivity contribution is 7.26. The molecular formula is C19H14F5N7S. The molecule has 5 heterocycles. The SMILES string of the molecule is Cc1cc(C(F)(F)F)nc2sc3c(ncn4nc([C@@H](C)n5nc(C(F)F)cc5C)nc34)c12. The number of aryl methyl sites for hydroxylation is 2. The Bertz CT molecular complexity index is 1500. The van der Waals surface area contributed by atoms with Gasteiger partial charge in [0.05, 0.1) is 5.52 Å². The van der Waals surface area contributed by atoms with Gasteiger partial charge in [-0.2, -0.15) is 18.3 Å². The van der Waals surface area contributed by atoms with Crippen molar-refractivity contribution in [3.63, 3.8) is 0 Å². The number of halogens is 5. The molecule has 0 aliphatic rings. The molecule has 5 rings (SSSR count). The van der Waals surface area contributed by atoms with E-state index in [1.807, 2.05) is 0 Å². The van der Waals surface area contributed by atoms with Gasteiger partial charge in [0.1, 0.15) is 33.3 Å². The van der Waals surface area contributed by atoms with Crippen LogP contribution < -0.4 is 0 Å². The third-order valence-electron chi connectivity index (χ3n) is 5.18. The third kappa shape index (κ3) is 3.10. The smallest absolute Gasteiger partial charge is 0.259 e. The molecule has 0 bridgehead atoms. The van der Waals surface area contributed by atoms with Crippen molar-refractivity contribution in [2.24, 2.45) is 0 Å². The fraction of sp³-hybridized carbons (Fsp3) is 0.316. The standard InChI is InChI=1S/C19H14F5N7S/c1-7-4-11(19(22,23)24)26-18-12(7)13-14(32-18)17-27-16(29-30(17)6-25-13)9(3)31-8(2)5-10(28-31)15(20)21/h4-6,9,15H,1-3H3/t9-/m1/s1. The maximum atomic E-state index is 13.2. The minimum Gasteiger partial charge on any atom is -0.259 e. The Hall–Kier alpha value is -3.22. The van der Waals surface area contributed by atoms with Gasteiger partial charge in [-0.15, -0.1) is 16.4 Å². The molecule has 32 heavy (non-hydrogen) atoms. The van der Waals surface area contributed by atoms with Gasteiger partial charge >= 0.3 is 6.18 Å². The van der Waals surface area contributed by atoms with E-state index in [4.69, 9.17) is 0 Å². The number of rotatable bonds is 3. The van der Waals surface area contributed by atoms with Crippen molar-refractivity contribution in [2.75, 3.05) is 0 Å². The molecule has 0 aromatic carbocycles. The molecule has 5 aromatic heterocycles. The summed E-state index contributed by atoms with van der Waals surface area (Å²) in [4.78, 5) is 12.9. The van der Waals surface area contributed by atoms with Crippen molar-refractivity contribution >= 4 is 37.4 Å². The van der Waals surface area contributed by atoms with Gasteiger partial charge in [-0.3, -0.25) is 4.68 Å². The minimum absolute atomic E-state index is 0.204. The highest BCUT2D eigenvalue weighted by Crippen LogP contribution is 2.38. The Kier molecular flexibility index (Phi) is 4.45. The lowest BCUT2D eigenvalue weighted by Gasteiger charge is -2.10. The van der Waals surface area contributed by atoms with E-state index in [-0.39, 0.29) is 10.5 Å². The Balaban J connectivity index is 1.68. The van der Waals surface area contributed by atoms with E-state index in [1.54, 1.807) is 20.8 Å². The highest BCUT2D eigenvalue weighted by atomic mass is 32.1. The number of aromatic nitrogens is 7. The van der Waals surface area contributed by atoms with E-state index < -0.39 is 24.3 Å². The Morgan fingerprint density at radius 1 is 1.06 bits per heavy atom. The lowest BCUT2D eigenvalue weighted by atomic mass is 10.1. The zero-order valence-corrected chi connectivity index (χ0v) is 17.6. The summed E-state index contributed by atoms with van der Waals surface area (Å²) in [7, 11) is 0. The molecule has 0 aliphatic heterocycles. The number of fused-ring (bicyclic) bond motifs is 5. The third-order valence-corrected chi connectivity index (χ3v) is 6.25. The molecule has 0 saturated heterocycles. The number of nitrogens with zero attached hydrogens (tertiary/aromatic N) is 7. The predicted octanol–water partition coefficient (Wildman–Crippen LogP) is 5.27. The van der Waals surface area contributed by atoms with Gasteiger partial charge in [0.25, 0.3) is 6.43 Å². The monoisotopic (exact) mass is 467 g/mol. The van der Waals surface area contributed by atoms with Crippen LogP contribution in [0.25, 0.3) is 26.1 Å². The molecule has 166 valence electrons. The molecule has 0 amide bonds. The van der Waals surface area contributed by atoms with E-state index in [0.717, 1.165) is 17.4 Å². The zero-order valence-electron chi connectivity index (χ0n) is 16.8. The van der Waals surface area contributed by atoms with Crippen molar-refractivity contribution in [3.05, 3.63) is 46.9 Å². The van der Waals surface area contributed by atoms with Crippen LogP contribution in [0.2, 0.25) is 0 Å². The molecule has 0 spiro atoms. The molecule has 0 radical (unpaired) electrons. The van der Waals surface area contributed by atoms with Gasteiger partial charge < -0.3 is 0 Å². The van der Waals surface area contributed by atoms with Crippen LogP contribution in [-0.2, 0) is 6.18 Å². The van der Waals surface area contributed by atoms with E-state index in [1.165, 1.54) is 21.6 Å². The molecule has 0 fully saturated rings. The van der Waals surface area contributed by atoms with Crippen LogP contribution in [0.15, 0.2) is 18.5 Å². The number of pyridine rings is 1. The number of alkyl halides is 5. The van der Waals surface area contributed by atoms with Crippen molar-refractivity contribution in [1.29, 1.82) is 0 Å². The normalized spacial score (nSPS) is 13.8. The van der Waals surface area contributed by atoms with E-state index in [2.05, 4.69) is 25.1 Å². The molecule has 0 unspecified atom stereocenters. The maximum absolute atomic E-state index is 13.2. The zero-order chi connectivity index (χ0) is 22.9. The van der Waals surface area contributed by atoms with Gasteiger partial charge in [0, 0.05) is 11.1 Å². The highest BCUT2D eigenvalue weighted by Gasteiger charge is 2.34. The molecule has 0 aliphatic carbocycles. The lowest BCUT2D eigenvalue weighted by Crippen LogP contribution is -2.12. The second-order valence-electron chi connectivity index (χ2n) is 7.40. The number of thiophene rings is 1. The summed E-state index contributed by atoms with van der Waals surface area (Å²) >= 11 is 1.05. The molecule has 0 N–H and O–H groups in total. The molecule has 0 saturated carbocycles. The summed E-state index contributed by atoms with van der Waals surface area (Å²) in [6.45, 7) is 4.96. The first-order valence-electron chi connectivity index (χ1n) is 9.41. The molecular weight excluding hydrogens is 453 g/mol. The largest absolute Gasteiger partial charge is 0.433 e. The fourth-order valence-electron chi connectivity index (χ4n) is 3.67. The first-order chi connectivity index (χ1) is 15.0. The summed E-state index contributed by atoms with van der Waals surface area (Å²) < 4.78 is 68.9. The first kappa shape index (κ1) is 20.7. The Morgan fingerprint density at radius 3 is 2.47 bits per heavy atom. The van der Waals surface area contributed by atoms with Crippen LogP contribution in [0.3, 0.4) is 0 Å². The van der Waals surface area contributed by atoms with Gasteiger partial charge in [-0.25, -0.2) is 28.2 Å². The van der Waals surface area contributed by atoms with Gasteiger partial charge in [0.2, 0.25) is 0 Å². The average Bonchev–Trinajstić information content (AvgIpc) is 3.40. The molecule has 5 aromatic rings. The van der Waals surface area contributed by atoms with E-state index in [0.29, 0.717) is 38.3 Å². The van der Waals surface area contributed by atoms with Gasteiger partial charge in [-0.1, -0.05) is 0 Å². The number of hydrogen-bond donors (Lipinski definition) is 0. The molecule has 13 heteroatoms. The van der Waals surface area contributed by atoms with E-state index >= 15 is 0 Å². The van der Waals surface area contributed by atoms with Crippen molar-refractivity contribution in [2.45, 2.75) is 39.4 Å². The lowest BCUT2D eigenvalue weighted by molar-refractivity contribution is -0.141. The van der Waals surface area contributed by atoms with E-state index in [9.17, 15) is 22.0 Å². The summed E-state index contributed by atoms with van der Waals surface area (Å²) in [5.74, 6) is 0.310. The van der Waals surface area contributed by atoms with Crippen molar-refractivity contribution < 1.29 is 22.0 Å². The van der Waals surface area contributed by atoms with Crippen molar-refractivity contribution in [1.82, 2.24) is 34.3 Å². The Labute approximate surface area is 180 Å². The van der Waals surface area contributed by atoms with Gasteiger partial charge in [0.15, 0.2) is 11.5 Å². The number of hydrogen-bond acceptors (Lipinski definition) is 6. The second kappa shape index (κ2) is 6.89. The predicted molar refractivity (Wildman–Crippen MR) is 107 cm³/mol. The van der Waals surface area contributed by atoms with Crippen LogP contribution in [0, 0.1) is 13.8 Å². The second-order valence-corrected chi connectivity index (χ2v) is 8.40. The topological polar surface area (TPSA) is 73.8 Å². The maximum Gasteiger partial charge on any atom is 0.433 e. The van der Waals surface area contributed by atoms with Crippen LogP contribution in [-0.4, -0.2) is 34.3 Å². The molecule has 7 nitrogen and oxygen atoms in total. The summed E-state index contributed by atoms with van der Waals surface area (Å²) in [5, 5.41) is 8.86. The summed E-state index contributed by atoms with van der Waals surface area (Å²) in [6, 6.07) is 1.75. The minimum atomic E-state index is -4.56. The van der Waals surface area contributed by atoms with Crippen LogP contribution in [0.4, 0.5) is 22.0 Å². The van der Waals surface area contributed by atoms with Gasteiger partial charge in [-0.05, 0) is 38.5 Å². The van der Waals surface area contributed by atoms with Crippen LogP contribution in [0.1, 0.15) is 47.9 Å². The fourth-order valence-corrected chi connectivity index (χ4v) is 4.85.